The Morgan fingerprint density at radius 1 is 1.40 bits per heavy atom. The zero-order chi connectivity index (χ0) is 15.3. The van der Waals surface area contributed by atoms with Crippen LogP contribution in [-0.4, -0.2) is 28.9 Å². The lowest BCUT2D eigenvalue weighted by Gasteiger charge is -2.25. The summed E-state index contributed by atoms with van der Waals surface area (Å²) in [4.78, 5) is 14.9. The summed E-state index contributed by atoms with van der Waals surface area (Å²) < 4.78 is 1.66. The Bertz CT molecular complexity index is 506. The van der Waals surface area contributed by atoms with Crippen molar-refractivity contribution in [3.8, 4) is 0 Å². The Labute approximate surface area is 142 Å². The molecule has 1 amide bonds. The van der Waals surface area contributed by atoms with Crippen molar-refractivity contribution in [2.24, 2.45) is 11.7 Å². The number of carbonyl (C=O) groups excluding carboxylic acids is 1. The summed E-state index contributed by atoms with van der Waals surface area (Å²) in [5.41, 5.74) is 6.18. The summed E-state index contributed by atoms with van der Waals surface area (Å²) in [6.07, 6.45) is 0.541. The van der Waals surface area contributed by atoms with Crippen LogP contribution in [0, 0.1) is 5.92 Å². The zero-order valence-corrected chi connectivity index (χ0v) is 15.5. The van der Waals surface area contributed by atoms with E-state index in [0.29, 0.717) is 36.0 Å². The molecule has 0 bridgehead atoms. The molecule has 0 aliphatic rings. The van der Waals surface area contributed by atoms with Gasteiger partial charge in [-0.2, -0.15) is 0 Å². The fourth-order valence-electron chi connectivity index (χ4n) is 1.79. The molecule has 0 unspecified atom stereocenters. The lowest BCUT2D eigenvalue weighted by atomic mass is 10.1. The molecule has 0 saturated carbocycles. The van der Waals surface area contributed by atoms with Gasteiger partial charge in [0.25, 0.3) is 5.91 Å². The summed E-state index contributed by atoms with van der Waals surface area (Å²) in [5.74, 6) is 0.374. The fourth-order valence-corrected chi connectivity index (χ4v) is 2.66. The molecule has 0 heterocycles. The standard InChI is InChI=1S/C14H18Br2N2OS/c1-9(2)8-18(6-5-13(17)20)14(19)11-7-10(15)3-4-12(11)16/h3-4,7,9H,5-6,8H2,1-2H3,(H2,17,20). The third kappa shape index (κ3) is 5.50. The molecular weight excluding hydrogens is 404 g/mol. The highest BCUT2D eigenvalue weighted by atomic mass is 79.9. The topological polar surface area (TPSA) is 46.3 Å². The van der Waals surface area contributed by atoms with Crippen LogP contribution in [0.25, 0.3) is 0 Å². The van der Waals surface area contributed by atoms with Crippen molar-refractivity contribution < 1.29 is 4.79 Å². The molecule has 2 N–H and O–H groups in total. The number of benzene rings is 1. The molecule has 3 nitrogen and oxygen atoms in total. The van der Waals surface area contributed by atoms with Crippen molar-refractivity contribution in [2.45, 2.75) is 20.3 Å². The fraction of sp³-hybridized carbons (Fsp3) is 0.429. The van der Waals surface area contributed by atoms with E-state index in [1.807, 2.05) is 18.2 Å². The Hall–Kier alpha value is -0.460. The van der Waals surface area contributed by atoms with Gasteiger partial charge in [-0.15, -0.1) is 0 Å². The predicted octanol–water partition coefficient (Wildman–Crippen LogP) is 3.99. The van der Waals surface area contributed by atoms with Crippen LogP contribution in [0.1, 0.15) is 30.6 Å². The average molecular weight is 422 g/mol. The van der Waals surface area contributed by atoms with E-state index >= 15 is 0 Å². The maximum Gasteiger partial charge on any atom is 0.255 e. The summed E-state index contributed by atoms with van der Waals surface area (Å²) in [5, 5.41) is 0. The molecule has 0 fully saturated rings. The van der Waals surface area contributed by atoms with Crippen molar-refractivity contribution >= 4 is 55.0 Å². The third-order valence-corrected chi connectivity index (χ3v) is 4.05. The first-order valence-electron chi connectivity index (χ1n) is 6.34. The minimum atomic E-state index is -0.0110. The number of nitrogens with zero attached hydrogens (tertiary/aromatic N) is 1. The molecule has 6 heteroatoms. The predicted molar refractivity (Wildman–Crippen MR) is 94.0 cm³/mol. The maximum atomic E-state index is 12.7. The van der Waals surface area contributed by atoms with E-state index in [2.05, 4.69) is 45.7 Å². The first-order valence-corrected chi connectivity index (χ1v) is 8.33. The number of carbonyl (C=O) groups is 1. The number of halogens is 2. The summed E-state index contributed by atoms with van der Waals surface area (Å²) in [7, 11) is 0. The first kappa shape index (κ1) is 17.6. The molecule has 0 aliphatic heterocycles. The van der Waals surface area contributed by atoms with Gasteiger partial charge in [0.2, 0.25) is 0 Å². The number of thiocarbonyl (C=S) groups is 1. The zero-order valence-electron chi connectivity index (χ0n) is 11.5. The van der Waals surface area contributed by atoms with E-state index in [4.69, 9.17) is 18.0 Å². The second kappa shape index (κ2) is 8.10. The molecule has 0 spiro atoms. The van der Waals surface area contributed by atoms with Gasteiger partial charge < -0.3 is 10.6 Å². The molecule has 110 valence electrons. The Kier molecular flexibility index (Phi) is 7.12. The van der Waals surface area contributed by atoms with Gasteiger partial charge in [-0.3, -0.25) is 4.79 Å². The van der Waals surface area contributed by atoms with Crippen LogP contribution < -0.4 is 5.73 Å². The Balaban J connectivity index is 2.96. The van der Waals surface area contributed by atoms with E-state index < -0.39 is 0 Å². The highest BCUT2D eigenvalue weighted by Crippen LogP contribution is 2.23. The lowest BCUT2D eigenvalue weighted by Crippen LogP contribution is -2.36. The van der Waals surface area contributed by atoms with Gasteiger partial charge in [0, 0.05) is 28.5 Å². The van der Waals surface area contributed by atoms with E-state index in [-0.39, 0.29) is 5.91 Å². The average Bonchev–Trinajstić information content (AvgIpc) is 2.36. The van der Waals surface area contributed by atoms with Gasteiger partial charge in [0.1, 0.15) is 0 Å². The van der Waals surface area contributed by atoms with Crippen LogP contribution in [0.3, 0.4) is 0 Å². The van der Waals surface area contributed by atoms with E-state index in [0.717, 1.165) is 8.95 Å². The third-order valence-electron chi connectivity index (χ3n) is 2.66. The molecule has 0 saturated heterocycles. The number of hydrogen-bond acceptors (Lipinski definition) is 2. The van der Waals surface area contributed by atoms with Crippen molar-refractivity contribution in [3.05, 3.63) is 32.7 Å². The number of amides is 1. The molecule has 0 aliphatic carbocycles. The second-order valence-electron chi connectivity index (χ2n) is 4.99. The lowest BCUT2D eigenvalue weighted by molar-refractivity contribution is 0.0740. The van der Waals surface area contributed by atoms with Gasteiger partial charge in [-0.05, 0) is 40.0 Å². The van der Waals surface area contributed by atoms with Crippen molar-refractivity contribution in [3.63, 3.8) is 0 Å². The van der Waals surface area contributed by atoms with Crippen molar-refractivity contribution in [2.75, 3.05) is 13.1 Å². The summed E-state index contributed by atoms with van der Waals surface area (Å²) in [6, 6.07) is 5.57. The quantitative estimate of drug-likeness (QED) is 0.706. The van der Waals surface area contributed by atoms with Gasteiger partial charge in [0.05, 0.1) is 10.6 Å². The summed E-state index contributed by atoms with van der Waals surface area (Å²) in [6.45, 7) is 5.39. The van der Waals surface area contributed by atoms with Gasteiger partial charge in [0.15, 0.2) is 0 Å². The molecule has 20 heavy (non-hydrogen) atoms. The molecule has 1 aromatic carbocycles. The van der Waals surface area contributed by atoms with Crippen molar-refractivity contribution in [1.82, 2.24) is 4.90 Å². The number of rotatable bonds is 6. The number of hydrogen-bond donors (Lipinski definition) is 1. The van der Waals surface area contributed by atoms with E-state index in [1.165, 1.54) is 0 Å². The van der Waals surface area contributed by atoms with Gasteiger partial charge >= 0.3 is 0 Å². The minimum absolute atomic E-state index is 0.0110. The highest BCUT2D eigenvalue weighted by Gasteiger charge is 2.19. The second-order valence-corrected chi connectivity index (χ2v) is 7.28. The molecule has 0 aromatic heterocycles. The van der Waals surface area contributed by atoms with Crippen LogP contribution in [0.5, 0.6) is 0 Å². The number of nitrogens with two attached hydrogens (primary N) is 1. The minimum Gasteiger partial charge on any atom is -0.393 e. The first-order chi connectivity index (χ1) is 9.31. The van der Waals surface area contributed by atoms with Crippen LogP contribution in [0.2, 0.25) is 0 Å². The van der Waals surface area contributed by atoms with Crippen LogP contribution >= 0.6 is 44.1 Å². The largest absolute Gasteiger partial charge is 0.393 e. The maximum absolute atomic E-state index is 12.7. The van der Waals surface area contributed by atoms with E-state index in [9.17, 15) is 4.79 Å². The molecule has 0 radical (unpaired) electrons. The monoisotopic (exact) mass is 420 g/mol. The Morgan fingerprint density at radius 2 is 2.05 bits per heavy atom. The Morgan fingerprint density at radius 3 is 2.60 bits per heavy atom. The summed E-state index contributed by atoms with van der Waals surface area (Å²) >= 11 is 11.7. The van der Waals surface area contributed by atoms with Gasteiger partial charge in [-0.25, -0.2) is 0 Å². The molecule has 1 aromatic rings. The normalized spacial score (nSPS) is 10.7. The van der Waals surface area contributed by atoms with Crippen molar-refractivity contribution in [1.29, 1.82) is 0 Å². The molecule has 1 rings (SSSR count). The smallest absolute Gasteiger partial charge is 0.255 e. The van der Waals surface area contributed by atoms with Crippen LogP contribution in [0.15, 0.2) is 27.1 Å². The van der Waals surface area contributed by atoms with E-state index in [1.54, 1.807) is 4.90 Å². The van der Waals surface area contributed by atoms with Crippen LogP contribution in [0.4, 0.5) is 0 Å². The molecular formula is C14H18Br2N2OS. The molecule has 0 atom stereocenters. The SMILES string of the molecule is CC(C)CN(CCC(N)=S)C(=O)c1cc(Br)ccc1Br. The van der Waals surface area contributed by atoms with Crippen LogP contribution in [-0.2, 0) is 0 Å². The van der Waals surface area contributed by atoms with Gasteiger partial charge in [-0.1, -0.05) is 42.0 Å². The highest BCUT2D eigenvalue weighted by molar-refractivity contribution is 9.11.